The fourth-order valence-electron chi connectivity index (χ4n) is 2.33. The number of aromatic carboxylic acids is 1. The smallest absolute Gasteiger partial charge is 0.339 e. The second-order valence-electron chi connectivity index (χ2n) is 5.09. The minimum Gasteiger partial charge on any atom is -0.507 e. The van der Waals surface area contributed by atoms with E-state index in [0.29, 0.717) is 31.7 Å². The summed E-state index contributed by atoms with van der Waals surface area (Å²) in [6.45, 7) is 1.15. The Kier molecular flexibility index (Phi) is 4.44. The predicted octanol–water partition coefficient (Wildman–Crippen LogP) is 0.784. The van der Waals surface area contributed by atoms with Crippen molar-refractivity contribution in [3.8, 4) is 5.75 Å². The van der Waals surface area contributed by atoms with Gasteiger partial charge in [0.15, 0.2) is 0 Å². The van der Waals surface area contributed by atoms with Crippen molar-refractivity contribution in [1.82, 2.24) is 0 Å². The summed E-state index contributed by atoms with van der Waals surface area (Å²) in [4.78, 5) is 23.4. The Morgan fingerprint density at radius 1 is 1.33 bits per heavy atom. The summed E-state index contributed by atoms with van der Waals surface area (Å²) in [5, 5.41) is 21.1. The molecule has 0 bridgehead atoms. The number of carbonyl (C=O) groups excluding carboxylic acids is 1. The van der Waals surface area contributed by atoms with Crippen molar-refractivity contribution < 1.29 is 24.5 Å². The van der Waals surface area contributed by atoms with Gasteiger partial charge in [0, 0.05) is 25.4 Å². The number of nitrogens with one attached hydrogen (secondary N) is 1. The first kappa shape index (κ1) is 15.3. The number of carbonyl (C=O) groups is 2. The van der Waals surface area contributed by atoms with Crippen LogP contribution in [0, 0.1) is 5.41 Å². The van der Waals surface area contributed by atoms with E-state index >= 15 is 0 Å². The molecular formula is C14H18N2O5. The highest BCUT2D eigenvalue weighted by Crippen LogP contribution is 2.31. The van der Waals surface area contributed by atoms with Crippen LogP contribution in [0.2, 0.25) is 0 Å². The number of benzene rings is 1. The van der Waals surface area contributed by atoms with Crippen molar-refractivity contribution in [3.05, 3.63) is 23.8 Å². The van der Waals surface area contributed by atoms with Crippen molar-refractivity contribution in [2.24, 2.45) is 11.1 Å². The SMILES string of the molecule is NCC1(C(=O)Nc2ccc(O)c(C(=O)O)c2)CCOCC1. The zero-order valence-corrected chi connectivity index (χ0v) is 11.5. The number of phenols is 1. The van der Waals surface area contributed by atoms with Crippen LogP contribution in [0.1, 0.15) is 23.2 Å². The minimum atomic E-state index is -1.26. The minimum absolute atomic E-state index is 0.200. The molecule has 2 rings (SSSR count). The average molecular weight is 294 g/mol. The molecule has 114 valence electrons. The highest BCUT2D eigenvalue weighted by Gasteiger charge is 2.38. The molecule has 0 aromatic heterocycles. The molecule has 1 aromatic carbocycles. The number of amides is 1. The Morgan fingerprint density at radius 2 is 2.00 bits per heavy atom. The van der Waals surface area contributed by atoms with Gasteiger partial charge in [-0.05, 0) is 31.0 Å². The number of carboxylic acids is 1. The van der Waals surface area contributed by atoms with Crippen LogP contribution in [-0.2, 0) is 9.53 Å². The van der Waals surface area contributed by atoms with E-state index in [4.69, 9.17) is 15.6 Å². The van der Waals surface area contributed by atoms with Crippen LogP contribution in [0.3, 0.4) is 0 Å². The largest absolute Gasteiger partial charge is 0.507 e. The summed E-state index contributed by atoms with van der Waals surface area (Å²) >= 11 is 0. The number of hydrogen-bond donors (Lipinski definition) is 4. The molecule has 1 amide bonds. The van der Waals surface area contributed by atoms with Crippen molar-refractivity contribution in [2.45, 2.75) is 12.8 Å². The molecule has 1 saturated heterocycles. The quantitative estimate of drug-likeness (QED) is 0.609. The van der Waals surface area contributed by atoms with E-state index in [1.165, 1.54) is 18.2 Å². The fourth-order valence-corrected chi connectivity index (χ4v) is 2.33. The highest BCUT2D eigenvalue weighted by molar-refractivity contribution is 5.98. The lowest BCUT2D eigenvalue weighted by molar-refractivity contribution is -0.130. The van der Waals surface area contributed by atoms with Gasteiger partial charge in [-0.1, -0.05) is 0 Å². The normalized spacial score (nSPS) is 17.2. The van der Waals surface area contributed by atoms with E-state index in [1.54, 1.807) is 0 Å². The zero-order chi connectivity index (χ0) is 15.5. The number of nitrogens with two attached hydrogens (primary N) is 1. The summed E-state index contributed by atoms with van der Waals surface area (Å²) in [7, 11) is 0. The van der Waals surface area contributed by atoms with Crippen LogP contribution < -0.4 is 11.1 Å². The van der Waals surface area contributed by atoms with Gasteiger partial charge in [-0.15, -0.1) is 0 Å². The maximum absolute atomic E-state index is 12.4. The highest BCUT2D eigenvalue weighted by atomic mass is 16.5. The first-order valence-electron chi connectivity index (χ1n) is 6.64. The van der Waals surface area contributed by atoms with E-state index in [-0.39, 0.29) is 23.8 Å². The van der Waals surface area contributed by atoms with Crippen molar-refractivity contribution in [2.75, 3.05) is 25.1 Å². The Bertz CT molecular complexity index is 552. The third-order valence-corrected chi connectivity index (χ3v) is 3.81. The Labute approximate surface area is 121 Å². The second-order valence-corrected chi connectivity index (χ2v) is 5.09. The Morgan fingerprint density at radius 3 is 2.57 bits per heavy atom. The molecule has 21 heavy (non-hydrogen) atoms. The third kappa shape index (κ3) is 3.14. The molecule has 0 spiro atoms. The van der Waals surface area contributed by atoms with Crippen LogP contribution in [0.25, 0.3) is 0 Å². The predicted molar refractivity (Wildman–Crippen MR) is 75.2 cm³/mol. The van der Waals surface area contributed by atoms with Gasteiger partial charge in [0.05, 0.1) is 5.41 Å². The molecule has 0 aliphatic carbocycles. The fraction of sp³-hybridized carbons (Fsp3) is 0.429. The van der Waals surface area contributed by atoms with E-state index < -0.39 is 11.4 Å². The molecule has 0 saturated carbocycles. The summed E-state index contributed by atoms with van der Waals surface area (Å²) in [6.07, 6.45) is 1.05. The van der Waals surface area contributed by atoms with Gasteiger partial charge in [-0.25, -0.2) is 4.79 Å². The van der Waals surface area contributed by atoms with Gasteiger partial charge in [0.25, 0.3) is 0 Å². The number of carboxylic acid groups (broad SMARTS) is 1. The molecule has 0 atom stereocenters. The molecule has 1 aromatic rings. The van der Waals surface area contributed by atoms with Gasteiger partial charge in [-0.3, -0.25) is 4.79 Å². The maximum Gasteiger partial charge on any atom is 0.339 e. The van der Waals surface area contributed by atoms with Gasteiger partial charge in [-0.2, -0.15) is 0 Å². The Hall–Kier alpha value is -2.12. The summed E-state index contributed by atoms with van der Waals surface area (Å²) < 4.78 is 5.25. The number of anilines is 1. The van der Waals surface area contributed by atoms with Crippen molar-refractivity contribution in [3.63, 3.8) is 0 Å². The first-order chi connectivity index (χ1) is 9.98. The van der Waals surface area contributed by atoms with Crippen LogP contribution in [0.4, 0.5) is 5.69 Å². The van der Waals surface area contributed by atoms with Crippen LogP contribution in [-0.4, -0.2) is 41.8 Å². The van der Waals surface area contributed by atoms with Gasteiger partial charge < -0.3 is 26.0 Å². The molecule has 5 N–H and O–H groups in total. The number of hydrogen-bond acceptors (Lipinski definition) is 5. The van der Waals surface area contributed by atoms with E-state index in [0.717, 1.165) is 0 Å². The van der Waals surface area contributed by atoms with E-state index in [1.807, 2.05) is 0 Å². The lowest BCUT2D eigenvalue weighted by Gasteiger charge is -2.34. The molecule has 7 nitrogen and oxygen atoms in total. The number of ether oxygens (including phenoxy) is 1. The maximum atomic E-state index is 12.4. The molecule has 1 aliphatic rings. The lowest BCUT2D eigenvalue weighted by atomic mass is 9.79. The van der Waals surface area contributed by atoms with Gasteiger partial charge in [0.2, 0.25) is 5.91 Å². The van der Waals surface area contributed by atoms with Gasteiger partial charge >= 0.3 is 5.97 Å². The zero-order valence-electron chi connectivity index (χ0n) is 11.5. The van der Waals surface area contributed by atoms with Crippen LogP contribution in [0.15, 0.2) is 18.2 Å². The average Bonchev–Trinajstić information content (AvgIpc) is 2.49. The van der Waals surface area contributed by atoms with Gasteiger partial charge in [0.1, 0.15) is 11.3 Å². The van der Waals surface area contributed by atoms with Crippen molar-refractivity contribution >= 4 is 17.6 Å². The van der Waals surface area contributed by atoms with Crippen LogP contribution in [0.5, 0.6) is 5.75 Å². The molecule has 0 radical (unpaired) electrons. The topological polar surface area (TPSA) is 122 Å². The van der Waals surface area contributed by atoms with E-state index in [9.17, 15) is 14.7 Å². The third-order valence-electron chi connectivity index (χ3n) is 3.81. The molecule has 1 aliphatic heterocycles. The van der Waals surface area contributed by atoms with Crippen molar-refractivity contribution in [1.29, 1.82) is 0 Å². The number of aromatic hydroxyl groups is 1. The molecule has 1 fully saturated rings. The summed E-state index contributed by atoms with van der Waals surface area (Å²) in [6, 6.07) is 3.90. The second kappa shape index (κ2) is 6.11. The first-order valence-corrected chi connectivity index (χ1v) is 6.64. The molecular weight excluding hydrogens is 276 g/mol. The van der Waals surface area contributed by atoms with Crippen LogP contribution >= 0.6 is 0 Å². The molecule has 1 heterocycles. The molecule has 7 heteroatoms. The summed E-state index contributed by atoms with van der Waals surface area (Å²) in [5.41, 5.74) is 5.10. The Balaban J connectivity index is 2.19. The molecule has 0 unspecified atom stereocenters. The summed E-state index contributed by atoms with van der Waals surface area (Å²) in [5.74, 6) is -1.86. The van der Waals surface area contributed by atoms with E-state index in [2.05, 4.69) is 5.32 Å². The standard InChI is InChI=1S/C14H18N2O5/c15-8-14(3-5-21-6-4-14)13(20)16-9-1-2-11(17)10(7-9)12(18)19/h1-2,7,17H,3-6,8,15H2,(H,16,20)(H,18,19). The number of rotatable bonds is 4. The monoisotopic (exact) mass is 294 g/mol. The lowest BCUT2D eigenvalue weighted by Crippen LogP contribution is -2.46.